The van der Waals surface area contributed by atoms with Gasteiger partial charge >= 0.3 is 11.8 Å². The van der Waals surface area contributed by atoms with Gasteiger partial charge in [-0.2, -0.15) is 0 Å². The van der Waals surface area contributed by atoms with E-state index >= 15 is 0 Å². The van der Waals surface area contributed by atoms with Crippen molar-refractivity contribution in [3.8, 4) is 0 Å². The standard InChI is InChI=1S/C14H25N3O4/c1-17(2)8-7-15-12(18)13(19)16-9-11-10-20-14(21-11)5-3-4-6-14/h11H,3-10H2,1-2H3,(H,15,18)(H,16,19)/t11-/m0/s1. The minimum Gasteiger partial charge on any atom is -0.347 e. The summed E-state index contributed by atoms with van der Waals surface area (Å²) in [5.41, 5.74) is 0. The second-order valence-electron chi connectivity index (χ2n) is 5.94. The van der Waals surface area contributed by atoms with Crippen LogP contribution in [0.3, 0.4) is 0 Å². The molecule has 120 valence electrons. The van der Waals surface area contributed by atoms with E-state index in [4.69, 9.17) is 9.47 Å². The lowest BCUT2D eigenvalue weighted by Gasteiger charge is -2.21. The van der Waals surface area contributed by atoms with Crippen LogP contribution >= 0.6 is 0 Å². The van der Waals surface area contributed by atoms with E-state index in [-0.39, 0.29) is 6.10 Å². The zero-order valence-corrected chi connectivity index (χ0v) is 12.8. The summed E-state index contributed by atoms with van der Waals surface area (Å²) in [5.74, 6) is -1.65. The predicted molar refractivity (Wildman–Crippen MR) is 76.6 cm³/mol. The van der Waals surface area contributed by atoms with E-state index in [1.54, 1.807) is 0 Å². The number of ether oxygens (including phenoxy) is 2. The Balaban J connectivity index is 1.64. The molecule has 2 amide bonds. The maximum absolute atomic E-state index is 11.7. The molecule has 1 heterocycles. The SMILES string of the molecule is CN(C)CCNC(=O)C(=O)NC[C@H]1COC2(CCCC2)O1. The van der Waals surface area contributed by atoms with Gasteiger partial charge in [0.2, 0.25) is 0 Å². The minimum absolute atomic E-state index is 0.165. The van der Waals surface area contributed by atoms with Crippen LogP contribution in [0.2, 0.25) is 0 Å². The lowest BCUT2D eigenvalue weighted by molar-refractivity contribution is -0.161. The Morgan fingerprint density at radius 1 is 1.19 bits per heavy atom. The molecule has 7 heteroatoms. The van der Waals surface area contributed by atoms with Crippen molar-refractivity contribution in [2.24, 2.45) is 0 Å². The summed E-state index contributed by atoms with van der Waals surface area (Å²) < 4.78 is 11.6. The summed E-state index contributed by atoms with van der Waals surface area (Å²) in [6.45, 7) is 1.93. The Hall–Kier alpha value is -1.18. The van der Waals surface area contributed by atoms with E-state index in [0.717, 1.165) is 25.7 Å². The van der Waals surface area contributed by atoms with Crippen LogP contribution in [0.25, 0.3) is 0 Å². The number of nitrogens with zero attached hydrogens (tertiary/aromatic N) is 1. The Morgan fingerprint density at radius 2 is 1.86 bits per heavy atom. The fourth-order valence-electron chi connectivity index (χ4n) is 2.65. The van der Waals surface area contributed by atoms with Gasteiger partial charge in [0.1, 0.15) is 6.10 Å². The molecular formula is C14H25N3O4. The number of likely N-dealkylation sites (N-methyl/N-ethyl adjacent to an activating group) is 1. The third kappa shape index (κ3) is 4.66. The van der Waals surface area contributed by atoms with Crippen molar-refractivity contribution in [2.75, 3.05) is 40.3 Å². The molecule has 21 heavy (non-hydrogen) atoms. The molecule has 7 nitrogen and oxygen atoms in total. The zero-order valence-electron chi connectivity index (χ0n) is 12.8. The van der Waals surface area contributed by atoms with Gasteiger partial charge in [-0.15, -0.1) is 0 Å². The van der Waals surface area contributed by atoms with Gasteiger partial charge in [0.25, 0.3) is 0 Å². The van der Waals surface area contributed by atoms with E-state index in [1.807, 2.05) is 19.0 Å². The van der Waals surface area contributed by atoms with Crippen molar-refractivity contribution in [2.45, 2.75) is 37.6 Å². The van der Waals surface area contributed by atoms with Crippen molar-refractivity contribution in [1.29, 1.82) is 0 Å². The molecule has 1 aliphatic heterocycles. The predicted octanol–water partition coefficient (Wildman–Crippen LogP) is -0.534. The molecule has 2 rings (SSSR count). The van der Waals surface area contributed by atoms with Gasteiger partial charge in [-0.05, 0) is 26.9 Å². The van der Waals surface area contributed by atoms with Crippen molar-refractivity contribution in [3.63, 3.8) is 0 Å². The van der Waals surface area contributed by atoms with Gasteiger partial charge in [0.05, 0.1) is 6.61 Å². The summed E-state index contributed by atoms with van der Waals surface area (Å²) in [4.78, 5) is 25.2. The number of rotatable bonds is 5. The molecule has 2 N–H and O–H groups in total. The fourth-order valence-corrected chi connectivity index (χ4v) is 2.65. The van der Waals surface area contributed by atoms with Crippen molar-refractivity contribution >= 4 is 11.8 Å². The third-order valence-electron chi connectivity index (χ3n) is 3.82. The molecule has 0 bridgehead atoms. The number of carbonyl (C=O) groups excluding carboxylic acids is 2. The molecule has 2 aliphatic rings. The van der Waals surface area contributed by atoms with Gasteiger partial charge < -0.3 is 25.0 Å². The van der Waals surface area contributed by atoms with Gasteiger partial charge in [-0.3, -0.25) is 9.59 Å². The number of amides is 2. The normalized spacial score (nSPS) is 23.7. The number of hydrogen-bond acceptors (Lipinski definition) is 5. The molecule has 1 saturated heterocycles. The zero-order chi connectivity index (χ0) is 15.3. The molecule has 2 fully saturated rings. The fraction of sp³-hybridized carbons (Fsp3) is 0.857. The van der Waals surface area contributed by atoms with Crippen LogP contribution in [0, 0.1) is 0 Å². The second kappa shape index (κ2) is 7.20. The lowest BCUT2D eigenvalue weighted by Crippen LogP contribution is -2.44. The Labute approximate surface area is 125 Å². The Kier molecular flexibility index (Phi) is 5.55. The first-order chi connectivity index (χ1) is 10.0. The number of carbonyl (C=O) groups is 2. The third-order valence-corrected chi connectivity index (χ3v) is 3.82. The first kappa shape index (κ1) is 16.2. The summed E-state index contributed by atoms with van der Waals surface area (Å²) >= 11 is 0. The highest BCUT2D eigenvalue weighted by atomic mass is 16.7. The largest absolute Gasteiger partial charge is 0.347 e. The van der Waals surface area contributed by atoms with Crippen molar-refractivity contribution in [1.82, 2.24) is 15.5 Å². The topological polar surface area (TPSA) is 79.9 Å². The summed E-state index contributed by atoms with van der Waals surface area (Å²) in [7, 11) is 3.81. The molecule has 1 saturated carbocycles. The van der Waals surface area contributed by atoms with E-state index in [0.29, 0.717) is 26.2 Å². The molecule has 0 aromatic rings. The second-order valence-corrected chi connectivity index (χ2v) is 5.94. The summed E-state index contributed by atoms with van der Waals surface area (Å²) in [5, 5.41) is 5.17. The molecule has 0 unspecified atom stereocenters. The molecule has 1 aliphatic carbocycles. The average molecular weight is 299 g/mol. The van der Waals surface area contributed by atoms with Gasteiger partial charge in [0.15, 0.2) is 5.79 Å². The highest BCUT2D eigenvalue weighted by Gasteiger charge is 2.43. The maximum Gasteiger partial charge on any atom is 0.309 e. The number of hydrogen-bond donors (Lipinski definition) is 2. The van der Waals surface area contributed by atoms with Crippen LogP contribution in [0.15, 0.2) is 0 Å². The lowest BCUT2D eigenvalue weighted by atomic mass is 10.2. The van der Waals surface area contributed by atoms with E-state index in [9.17, 15) is 9.59 Å². The van der Waals surface area contributed by atoms with Gasteiger partial charge in [-0.1, -0.05) is 0 Å². The molecule has 1 spiro atoms. The molecule has 0 radical (unpaired) electrons. The van der Waals surface area contributed by atoms with Crippen molar-refractivity contribution < 1.29 is 19.1 Å². The number of nitrogens with one attached hydrogen (secondary N) is 2. The highest BCUT2D eigenvalue weighted by Crippen LogP contribution is 2.38. The summed E-state index contributed by atoms with van der Waals surface area (Å²) in [6.07, 6.45) is 3.91. The van der Waals surface area contributed by atoms with Gasteiger partial charge in [-0.25, -0.2) is 0 Å². The highest BCUT2D eigenvalue weighted by molar-refractivity contribution is 6.35. The van der Waals surface area contributed by atoms with E-state index < -0.39 is 17.6 Å². The van der Waals surface area contributed by atoms with Crippen molar-refractivity contribution in [3.05, 3.63) is 0 Å². The first-order valence-corrected chi connectivity index (χ1v) is 7.53. The minimum atomic E-state index is -0.621. The van der Waals surface area contributed by atoms with Gasteiger partial charge in [0, 0.05) is 32.5 Å². The van der Waals surface area contributed by atoms with Crippen LogP contribution in [-0.2, 0) is 19.1 Å². The van der Waals surface area contributed by atoms with Crippen LogP contribution in [0.5, 0.6) is 0 Å². The maximum atomic E-state index is 11.7. The molecule has 1 atom stereocenters. The summed E-state index contributed by atoms with van der Waals surface area (Å²) in [6, 6.07) is 0. The Bertz CT molecular complexity index is 380. The van der Waals surface area contributed by atoms with Crippen LogP contribution < -0.4 is 10.6 Å². The van der Waals surface area contributed by atoms with Crippen LogP contribution in [0.4, 0.5) is 0 Å². The van der Waals surface area contributed by atoms with E-state index in [1.165, 1.54) is 0 Å². The first-order valence-electron chi connectivity index (χ1n) is 7.53. The van der Waals surface area contributed by atoms with Crippen LogP contribution in [0.1, 0.15) is 25.7 Å². The van der Waals surface area contributed by atoms with E-state index in [2.05, 4.69) is 10.6 Å². The molecular weight excluding hydrogens is 274 g/mol. The smallest absolute Gasteiger partial charge is 0.309 e. The Morgan fingerprint density at radius 3 is 2.52 bits per heavy atom. The quantitative estimate of drug-likeness (QED) is 0.667. The average Bonchev–Trinajstić information content (AvgIpc) is 3.06. The molecule has 0 aromatic heterocycles. The molecule has 0 aromatic carbocycles. The monoisotopic (exact) mass is 299 g/mol. The van der Waals surface area contributed by atoms with Crippen LogP contribution in [-0.4, -0.2) is 68.9 Å².